The van der Waals surface area contributed by atoms with Gasteiger partial charge in [-0.3, -0.25) is 9.59 Å². The van der Waals surface area contributed by atoms with E-state index >= 15 is 0 Å². The van der Waals surface area contributed by atoms with Crippen molar-refractivity contribution in [3.05, 3.63) is 59.7 Å². The fourth-order valence-electron chi connectivity index (χ4n) is 3.17. The molecule has 2 amide bonds. The molecule has 2 aromatic rings. The summed E-state index contributed by atoms with van der Waals surface area (Å²) in [5.74, 6) is -0.164. The lowest BCUT2D eigenvalue weighted by Gasteiger charge is -2.18. The zero-order valence-electron chi connectivity index (χ0n) is 17.8. The zero-order valence-corrected chi connectivity index (χ0v) is 17.8. The molecule has 0 saturated heterocycles. The van der Waals surface area contributed by atoms with Crippen LogP contribution in [0.5, 0.6) is 0 Å². The highest BCUT2D eigenvalue weighted by molar-refractivity contribution is 6.02. The van der Waals surface area contributed by atoms with Crippen LogP contribution in [-0.4, -0.2) is 25.9 Å². The molecule has 0 aliphatic rings. The predicted octanol–water partition coefficient (Wildman–Crippen LogP) is 4.98. The number of anilines is 2. The molecule has 0 heterocycles. The molecule has 5 nitrogen and oxygen atoms in total. The Kier molecular flexibility index (Phi) is 9.22. The van der Waals surface area contributed by atoms with Crippen LogP contribution in [-0.2, 0) is 11.3 Å². The van der Waals surface area contributed by atoms with Crippen LogP contribution in [0.25, 0.3) is 0 Å². The van der Waals surface area contributed by atoms with E-state index in [1.54, 1.807) is 6.07 Å². The summed E-state index contributed by atoms with van der Waals surface area (Å²) in [4.78, 5) is 26.9. The molecule has 0 aliphatic carbocycles. The van der Waals surface area contributed by atoms with Crippen LogP contribution in [0.2, 0.25) is 0 Å². The summed E-state index contributed by atoms with van der Waals surface area (Å²) >= 11 is 0. The first kappa shape index (κ1) is 22.5. The monoisotopic (exact) mass is 395 g/mol. The number of carbonyl (C=O) groups is 2. The highest BCUT2D eigenvalue weighted by atomic mass is 16.2. The van der Waals surface area contributed by atoms with Crippen molar-refractivity contribution in [1.82, 2.24) is 5.32 Å². The average Bonchev–Trinajstić information content (AvgIpc) is 2.72. The lowest BCUT2D eigenvalue weighted by atomic mass is 10.1. The van der Waals surface area contributed by atoms with Crippen molar-refractivity contribution in [2.24, 2.45) is 0 Å². The third-order valence-corrected chi connectivity index (χ3v) is 4.81. The summed E-state index contributed by atoms with van der Waals surface area (Å²) in [5, 5.41) is 5.90. The third-order valence-electron chi connectivity index (χ3n) is 4.81. The summed E-state index contributed by atoms with van der Waals surface area (Å²) in [7, 11) is 3.80. The van der Waals surface area contributed by atoms with Crippen LogP contribution in [0.3, 0.4) is 0 Å². The van der Waals surface area contributed by atoms with Gasteiger partial charge in [0.05, 0.1) is 5.56 Å². The van der Waals surface area contributed by atoms with Crippen LogP contribution in [0, 0.1) is 0 Å². The predicted molar refractivity (Wildman–Crippen MR) is 120 cm³/mol. The molecule has 0 aliphatic heterocycles. The molecule has 0 saturated carbocycles. The minimum atomic E-state index is -0.159. The fourth-order valence-corrected chi connectivity index (χ4v) is 3.17. The molecule has 0 spiro atoms. The Bertz CT molecular complexity index is 788. The minimum absolute atomic E-state index is 0.00487. The maximum absolute atomic E-state index is 12.8. The quantitative estimate of drug-likeness (QED) is 0.527. The molecule has 2 aromatic carbocycles. The zero-order chi connectivity index (χ0) is 21.1. The van der Waals surface area contributed by atoms with Gasteiger partial charge in [0.15, 0.2) is 0 Å². The lowest BCUT2D eigenvalue weighted by molar-refractivity contribution is -0.116. The number of rotatable bonds is 11. The van der Waals surface area contributed by atoms with Crippen molar-refractivity contribution in [1.29, 1.82) is 0 Å². The maximum atomic E-state index is 12.8. The highest BCUT2D eigenvalue weighted by Crippen LogP contribution is 2.23. The molecule has 5 heteroatoms. The number of unbranched alkanes of at least 4 members (excludes halogenated alkanes) is 4. The minimum Gasteiger partial charge on any atom is -0.377 e. The molecule has 29 heavy (non-hydrogen) atoms. The van der Waals surface area contributed by atoms with Crippen LogP contribution in [0.1, 0.15) is 61.4 Å². The highest BCUT2D eigenvalue weighted by Gasteiger charge is 2.15. The molecule has 156 valence electrons. The van der Waals surface area contributed by atoms with Crippen molar-refractivity contribution in [2.45, 2.75) is 52.0 Å². The van der Waals surface area contributed by atoms with Crippen LogP contribution in [0.15, 0.2) is 48.5 Å². The topological polar surface area (TPSA) is 61.4 Å². The molecule has 0 fully saturated rings. The van der Waals surface area contributed by atoms with Gasteiger partial charge in [0.25, 0.3) is 5.91 Å². The SMILES string of the molecule is CCCCCCCC(=O)Nc1ccc(N(C)C)c(C(=O)NCc2ccccc2)c1. The largest absolute Gasteiger partial charge is 0.377 e. The molecule has 0 atom stereocenters. The van der Waals surface area contributed by atoms with E-state index in [2.05, 4.69) is 17.6 Å². The van der Waals surface area contributed by atoms with Gasteiger partial charge in [-0.25, -0.2) is 0 Å². The molecule has 2 N–H and O–H groups in total. The standard InChI is InChI=1S/C24H33N3O2/c1-4-5-6-7-11-14-23(28)26-20-15-16-22(27(2)3)21(17-20)24(29)25-18-19-12-9-8-10-13-19/h8-10,12-13,15-17H,4-7,11,14,18H2,1-3H3,(H,25,29)(H,26,28). The molecular weight excluding hydrogens is 362 g/mol. The smallest absolute Gasteiger partial charge is 0.253 e. The van der Waals surface area contributed by atoms with Crippen LogP contribution >= 0.6 is 0 Å². The van der Waals surface area contributed by atoms with Gasteiger partial charge in [-0.2, -0.15) is 0 Å². The first-order chi connectivity index (χ1) is 14.0. The number of hydrogen-bond donors (Lipinski definition) is 2. The van der Waals surface area contributed by atoms with Gasteiger partial charge in [-0.1, -0.05) is 62.9 Å². The Hall–Kier alpha value is -2.82. The summed E-state index contributed by atoms with van der Waals surface area (Å²) in [6.45, 7) is 2.64. The summed E-state index contributed by atoms with van der Waals surface area (Å²) in [6.07, 6.45) is 6.07. The lowest BCUT2D eigenvalue weighted by Crippen LogP contribution is -2.25. The second-order valence-corrected chi connectivity index (χ2v) is 7.51. The van der Waals surface area contributed by atoms with Crippen molar-refractivity contribution < 1.29 is 9.59 Å². The second-order valence-electron chi connectivity index (χ2n) is 7.51. The van der Waals surface area contributed by atoms with E-state index in [1.807, 2.05) is 61.5 Å². The van der Waals surface area contributed by atoms with Gasteiger partial charge in [0.1, 0.15) is 0 Å². The number of benzene rings is 2. The molecular formula is C24H33N3O2. The second kappa shape index (κ2) is 11.9. The number of carbonyl (C=O) groups excluding carboxylic acids is 2. The summed E-state index contributed by atoms with van der Waals surface area (Å²) in [6, 6.07) is 15.3. The molecule has 0 bridgehead atoms. The van der Waals surface area contributed by atoms with Gasteiger partial charge in [-0.15, -0.1) is 0 Å². The number of nitrogens with one attached hydrogen (secondary N) is 2. The van der Waals surface area contributed by atoms with E-state index in [9.17, 15) is 9.59 Å². The van der Waals surface area contributed by atoms with Crippen molar-refractivity contribution in [2.75, 3.05) is 24.3 Å². The van der Waals surface area contributed by atoms with Gasteiger partial charge < -0.3 is 15.5 Å². The fraction of sp³-hybridized carbons (Fsp3) is 0.417. The third kappa shape index (κ3) is 7.60. The number of amides is 2. The molecule has 0 aromatic heterocycles. The normalized spacial score (nSPS) is 10.4. The van der Waals surface area contributed by atoms with E-state index in [0.717, 1.165) is 24.1 Å². The molecule has 2 rings (SSSR count). The van der Waals surface area contributed by atoms with E-state index in [1.165, 1.54) is 19.3 Å². The van der Waals surface area contributed by atoms with Gasteiger partial charge in [0, 0.05) is 38.4 Å². The van der Waals surface area contributed by atoms with Crippen molar-refractivity contribution in [3.8, 4) is 0 Å². The maximum Gasteiger partial charge on any atom is 0.253 e. The Morgan fingerprint density at radius 1 is 0.931 bits per heavy atom. The van der Waals surface area contributed by atoms with Crippen molar-refractivity contribution >= 4 is 23.2 Å². The van der Waals surface area contributed by atoms with Gasteiger partial charge >= 0.3 is 0 Å². The Morgan fingerprint density at radius 3 is 2.34 bits per heavy atom. The molecule has 0 radical (unpaired) electrons. The van der Waals surface area contributed by atoms with E-state index < -0.39 is 0 Å². The van der Waals surface area contributed by atoms with Crippen LogP contribution in [0.4, 0.5) is 11.4 Å². The first-order valence-corrected chi connectivity index (χ1v) is 10.4. The van der Waals surface area contributed by atoms with Gasteiger partial charge in [0.2, 0.25) is 5.91 Å². The van der Waals surface area contributed by atoms with E-state index in [-0.39, 0.29) is 11.8 Å². The van der Waals surface area contributed by atoms with Crippen molar-refractivity contribution in [3.63, 3.8) is 0 Å². The Morgan fingerprint density at radius 2 is 1.66 bits per heavy atom. The summed E-state index contributed by atoms with van der Waals surface area (Å²) in [5.41, 5.74) is 3.05. The number of nitrogens with zero attached hydrogens (tertiary/aromatic N) is 1. The van der Waals surface area contributed by atoms with Gasteiger partial charge in [-0.05, 0) is 30.2 Å². The number of hydrogen-bond acceptors (Lipinski definition) is 3. The Balaban J connectivity index is 2.00. The average molecular weight is 396 g/mol. The first-order valence-electron chi connectivity index (χ1n) is 10.4. The molecule has 0 unspecified atom stereocenters. The summed E-state index contributed by atoms with van der Waals surface area (Å²) < 4.78 is 0. The van der Waals surface area contributed by atoms with Crippen LogP contribution < -0.4 is 15.5 Å². The Labute approximate surface area is 174 Å². The van der Waals surface area contributed by atoms with E-state index in [0.29, 0.717) is 24.2 Å². The van der Waals surface area contributed by atoms with E-state index in [4.69, 9.17) is 0 Å².